The molecule has 0 bridgehead atoms. The first kappa shape index (κ1) is 14.1. The molecule has 0 aliphatic rings. The molecule has 0 saturated heterocycles. The van der Waals surface area contributed by atoms with E-state index in [4.69, 9.17) is 5.26 Å². The van der Waals surface area contributed by atoms with E-state index in [1.54, 1.807) is 26.2 Å². The Labute approximate surface area is 122 Å². The topological polar surface area (TPSA) is 71.8 Å². The summed E-state index contributed by atoms with van der Waals surface area (Å²) in [6, 6.07) is 2.70. The first-order chi connectivity index (χ1) is 10.3. The van der Waals surface area contributed by atoms with Gasteiger partial charge in [-0.1, -0.05) is 0 Å². The van der Waals surface area contributed by atoms with Gasteiger partial charge in [-0.05, 0) is 13.0 Å². The first-order valence-corrected chi connectivity index (χ1v) is 6.18. The Hall–Kier alpha value is -2.89. The van der Waals surface area contributed by atoms with Gasteiger partial charge >= 0.3 is 6.18 Å². The van der Waals surface area contributed by atoms with Gasteiger partial charge < -0.3 is 0 Å². The van der Waals surface area contributed by atoms with Crippen LogP contribution in [0.15, 0.2) is 18.5 Å². The Morgan fingerprint density at radius 2 is 2.05 bits per heavy atom. The molecule has 3 heterocycles. The smallest absolute Gasteiger partial charge is 0.275 e. The van der Waals surface area contributed by atoms with Crippen LogP contribution in [0.4, 0.5) is 13.2 Å². The fraction of sp³-hybridized carbons (Fsp3) is 0.231. The number of fused-ring (bicyclic) bond motifs is 1. The van der Waals surface area contributed by atoms with Gasteiger partial charge in [-0.15, -0.1) is 0 Å². The van der Waals surface area contributed by atoms with Crippen LogP contribution in [0, 0.1) is 18.3 Å². The van der Waals surface area contributed by atoms with E-state index in [0.717, 1.165) is 12.3 Å². The number of aromatic nitrogens is 5. The summed E-state index contributed by atoms with van der Waals surface area (Å²) in [5, 5.41) is 16.7. The number of rotatable bonds is 1. The monoisotopic (exact) mass is 306 g/mol. The van der Waals surface area contributed by atoms with Gasteiger partial charge in [0.1, 0.15) is 11.6 Å². The van der Waals surface area contributed by atoms with Crippen molar-refractivity contribution in [1.82, 2.24) is 24.4 Å². The molecular weight excluding hydrogens is 297 g/mol. The first-order valence-electron chi connectivity index (χ1n) is 6.18. The zero-order valence-electron chi connectivity index (χ0n) is 11.5. The van der Waals surface area contributed by atoms with Crippen molar-refractivity contribution in [2.75, 3.05) is 0 Å². The average Bonchev–Trinajstić information content (AvgIpc) is 2.99. The summed E-state index contributed by atoms with van der Waals surface area (Å²) < 4.78 is 41.8. The lowest BCUT2D eigenvalue weighted by atomic mass is 10.1. The maximum absolute atomic E-state index is 13.2. The van der Waals surface area contributed by atoms with Crippen molar-refractivity contribution >= 4 is 5.65 Å². The van der Waals surface area contributed by atoms with Crippen molar-refractivity contribution in [3.8, 4) is 17.3 Å². The van der Waals surface area contributed by atoms with Gasteiger partial charge in [0.05, 0.1) is 17.6 Å². The van der Waals surface area contributed by atoms with Gasteiger partial charge in [0.15, 0.2) is 11.3 Å². The Morgan fingerprint density at radius 3 is 2.59 bits per heavy atom. The van der Waals surface area contributed by atoms with E-state index in [2.05, 4.69) is 15.2 Å². The minimum absolute atomic E-state index is 0.0195. The molecule has 0 unspecified atom stereocenters. The maximum atomic E-state index is 13.2. The number of aryl methyl sites for hydroxylation is 2. The Morgan fingerprint density at radius 1 is 1.32 bits per heavy atom. The predicted octanol–water partition coefficient (Wildman–Crippen LogP) is 2.33. The van der Waals surface area contributed by atoms with Gasteiger partial charge in [-0.25, -0.2) is 9.50 Å². The Bertz CT molecular complexity index is 912. The van der Waals surface area contributed by atoms with Crippen LogP contribution >= 0.6 is 0 Å². The molecule has 0 aliphatic heterocycles. The van der Waals surface area contributed by atoms with Gasteiger partial charge in [0.2, 0.25) is 0 Å². The number of nitrogens with zero attached hydrogens (tertiary/aromatic N) is 6. The molecule has 0 aliphatic carbocycles. The molecule has 0 amide bonds. The normalized spacial score (nSPS) is 11.8. The fourth-order valence-electron chi connectivity index (χ4n) is 2.23. The summed E-state index contributed by atoms with van der Waals surface area (Å²) in [5.41, 5.74) is -0.0183. The molecule has 0 atom stereocenters. The average molecular weight is 306 g/mol. The van der Waals surface area contributed by atoms with Crippen LogP contribution in [0.1, 0.15) is 17.0 Å². The second-order valence-corrected chi connectivity index (χ2v) is 4.73. The van der Waals surface area contributed by atoms with E-state index in [1.165, 1.54) is 4.68 Å². The Kier molecular flexibility index (Phi) is 2.91. The van der Waals surface area contributed by atoms with Crippen molar-refractivity contribution in [3.05, 3.63) is 35.4 Å². The van der Waals surface area contributed by atoms with Crippen molar-refractivity contribution in [2.24, 2.45) is 7.05 Å². The quantitative estimate of drug-likeness (QED) is 0.691. The number of nitriles is 1. The second kappa shape index (κ2) is 4.56. The molecule has 0 spiro atoms. The summed E-state index contributed by atoms with van der Waals surface area (Å²) in [4.78, 5) is 4.15. The number of hydrogen-bond acceptors (Lipinski definition) is 4. The zero-order chi connectivity index (χ0) is 16.1. The third kappa shape index (κ3) is 2.09. The third-order valence-corrected chi connectivity index (χ3v) is 3.17. The molecule has 3 aromatic heterocycles. The summed E-state index contributed by atoms with van der Waals surface area (Å²) in [7, 11) is 1.67. The summed E-state index contributed by atoms with van der Waals surface area (Å²) >= 11 is 0. The molecule has 6 nitrogen and oxygen atoms in total. The van der Waals surface area contributed by atoms with Crippen LogP contribution in [-0.2, 0) is 13.2 Å². The molecule has 3 rings (SSSR count). The lowest BCUT2D eigenvalue weighted by Gasteiger charge is -2.10. The highest BCUT2D eigenvalue weighted by molar-refractivity contribution is 5.66. The molecule has 3 aromatic rings. The maximum Gasteiger partial charge on any atom is 0.433 e. The highest BCUT2D eigenvalue weighted by Crippen LogP contribution is 2.33. The van der Waals surface area contributed by atoms with Crippen molar-refractivity contribution < 1.29 is 13.2 Å². The van der Waals surface area contributed by atoms with Crippen LogP contribution in [0.3, 0.4) is 0 Å². The fourth-order valence-corrected chi connectivity index (χ4v) is 2.23. The number of halogens is 3. The zero-order valence-corrected chi connectivity index (χ0v) is 11.5. The van der Waals surface area contributed by atoms with Crippen LogP contribution < -0.4 is 0 Å². The van der Waals surface area contributed by atoms with Crippen molar-refractivity contribution in [2.45, 2.75) is 13.1 Å². The minimum atomic E-state index is -4.62. The molecule has 112 valence electrons. The number of hydrogen-bond donors (Lipinski definition) is 0. The molecule has 0 N–H and O–H groups in total. The molecule has 0 aromatic carbocycles. The van der Waals surface area contributed by atoms with E-state index >= 15 is 0 Å². The molecule has 0 saturated carbocycles. The second-order valence-electron chi connectivity index (χ2n) is 4.73. The third-order valence-electron chi connectivity index (χ3n) is 3.17. The number of alkyl halides is 3. The predicted molar refractivity (Wildman–Crippen MR) is 69.6 cm³/mol. The van der Waals surface area contributed by atoms with E-state index in [0.29, 0.717) is 15.8 Å². The minimum Gasteiger partial charge on any atom is -0.275 e. The molecule has 0 radical (unpaired) electrons. The summed E-state index contributed by atoms with van der Waals surface area (Å²) in [5.74, 6) is 0. The van der Waals surface area contributed by atoms with Crippen LogP contribution in [0.5, 0.6) is 0 Å². The SMILES string of the molecule is Cc1nn(C)cc1-c1cc(C(F)(F)F)n2ncc(C#N)c2n1. The van der Waals surface area contributed by atoms with Crippen LogP contribution in [0.2, 0.25) is 0 Å². The summed E-state index contributed by atoms with van der Waals surface area (Å²) in [6.07, 6.45) is -1.97. The van der Waals surface area contributed by atoms with Crippen LogP contribution in [-0.4, -0.2) is 24.4 Å². The standard InChI is InChI=1S/C13H9F3N6/c1-7-9(6-21(2)20-7)10-3-11(13(14,15)16)22-12(19-10)8(4-17)5-18-22/h3,5-6H,1-2H3. The lowest BCUT2D eigenvalue weighted by molar-refractivity contribution is -0.142. The van der Waals surface area contributed by atoms with E-state index < -0.39 is 11.9 Å². The van der Waals surface area contributed by atoms with Crippen LogP contribution in [0.25, 0.3) is 16.9 Å². The largest absolute Gasteiger partial charge is 0.433 e. The lowest BCUT2D eigenvalue weighted by Crippen LogP contribution is -2.13. The molecule has 9 heteroatoms. The van der Waals surface area contributed by atoms with E-state index in [1.807, 2.05) is 0 Å². The van der Waals surface area contributed by atoms with Gasteiger partial charge in [0.25, 0.3) is 0 Å². The summed E-state index contributed by atoms with van der Waals surface area (Å²) in [6.45, 7) is 1.68. The Balaban J connectivity index is 2.37. The van der Waals surface area contributed by atoms with Gasteiger partial charge in [0, 0.05) is 18.8 Å². The van der Waals surface area contributed by atoms with E-state index in [9.17, 15) is 13.2 Å². The van der Waals surface area contributed by atoms with Gasteiger partial charge in [-0.3, -0.25) is 4.68 Å². The molecule has 0 fully saturated rings. The molecule has 22 heavy (non-hydrogen) atoms. The van der Waals surface area contributed by atoms with Crippen molar-refractivity contribution in [1.29, 1.82) is 5.26 Å². The molecular formula is C13H9F3N6. The van der Waals surface area contributed by atoms with E-state index in [-0.39, 0.29) is 16.9 Å². The highest BCUT2D eigenvalue weighted by atomic mass is 19.4. The van der Waals surface area contributed by atoms with Crippen molar-refractivity contribution in [3.63, 3.8) is 0 Å². The van der Waals surface area contributed by atoms with Gasteiger partial charge in [-0.2, -0.15) is 28.6 Å². The highest BCUT2D eigenvalue weighted by Gasteiger charge is 2.35.